The highest BCUT2D eigenvalue weighted by atomic mass is 16.2. The number of hydrogen-bond donors (Lipinski definition) is 1. The molecule has 1 rings (SSSR count). The second kappa shape index (κ2) is 6.74. The van der Waals surface area contributed by atoms with E-state index in [0.29, 0.717) is 23.9 Å². The van der Waals surface area contributed by atoms with Gasteiger partial charge >= 0.3 is 0 Å². The molecule has 1 aliphatic carbocycles. The third kappa shape index (κ3) is 4.79. The van der Waals surface area contributed by atoms with Crippen LogP contribution in [-0.4, -0.2) is 30.4 Å². The van der Waals surface area contributed by atoms with Crippen LogP contribution in [-0.2, 0) is 4.79 Å². The number of carbonyl (C=O) groups excluding carboxylic acids is 1. The van der Waals surface area contributed by atoms with Gasteiger partial charge in [0.1, 0.15) is 0 Å². The van der Waals surface area contributed by atoms with E-state index in [1.54, 1.807) is 0 Å². The molecule has 0 aromatic carbocycles. The predicted octanol–water partition coefficient (Wildman–Crippen LogP) is 3.03. The van der Waals surface area contributed by atoms with Crippen molar-refractivity contribution in [3.63, 3.8) is 0 Å². The molecule has 19 heavy (non-hydrogen) atoms. The summed E-state index contributed by atoms with van der Waals surface area (Å²) in [6.07, 6.45) is 5.60. The molecule has 2 N–H and O–H groups in total. The van der Waals surface area contributed by atoms with Gasteiger partial charge < -0.3 is 10.6 Å². The minimum absolute atomic E-state index is 0.0000586. The van der Waals surface area contributed by atoms with Gasteiger partial charge in [-0.3, -0.25) is 4.79 Å². The van der Waals surface area contributed by atoms with E-state index in [1.807, 2.05) is 11.9 Å². The average Bonchev–Trinajstić information content (AvgIpc) is 2.34. The van der Waals surface area contributed by atoms with Crippen LogP contribution in [0.4, 0.5) is 0 Å². The van der Waals surface area contributed by atoms with Crippen molar-refractivity contribution in [2.45, 2.75) is 65.8 Å². The van der Waals surface area contributed by atoms with E-state index >= 15 is 0 Å². The number of carbonyl (C=O) groups is 1. The monoisotopic (exact) mass is 268 g/mol. The summed E-state index contributed by atoms with van der Waals surface area (Å²) in [6, 6.07) is 0.418. The maximum Gasteiger partial charge on any atom is 0.226 e. The summed E-state index contributed by atoms with van der Waals surface area (Å²) in [6.45, 7) is 9.43. The van der Waals surface area contributed by atoms with Crippen LogP contribution < -0.4 is 5.73 Å². The van der Waals surface area contributed by atoms with E-state index in [4.69, 9.17) is 5.73 Å². The van der Waals surface area contributed by atoms with Crippen LogP contribution in [0.2, 0.25) is 0 Å². The van der Waals surface area contributed by atoms with E-state index in [-0.39, 0.29) is 11.8 Å². The molecule has 1 unspecified atom stereocenters. The summed E-state index contributed by atoms with van der Waals surface area (Å²) < 4.78 is 0. The first-order valence-electron chi connectivity index (χ1n) is 7.73. The van der Waals surface area contributed by atoms with E-state index < -0.39 is 0 Å². The molecule has 0 heterocycles. The minimum Gasteiger partial charge on any atom is -0.342 e. The molecule has 0 saturated heterocycles. The Morgan fingerprint density at radius 3 is 2.26 bits per heavy atom. The molecule has 112 valence electrons. The molecule has 1 fully saturated rings. The van der Waals surface area contributed by atoms with Crippen LogP contribution in [0.3, 0.4) is 0 Å². The number of amides is 1. The molecule has 3 nitrogen and oxygen atoms in total. The Hall–Kier alpha value is -0.570. The van der Waals surface area contributed by atoms with Gasteiger partial charge in [0.05, 0.1) is 5.92 Å². The maximum atomic E-state index is 12.5. The number of nitrogens with zero attached hydrogens (tertiary/aromatic N) is 1. The Balaban J connectivity index is 2.56. The Kier molecular flexibility index (Phi) is 5.84. The smallest absolute Gasteiger partial charge is 0.226 e. The molecule has 0 aromatic rings. The number of hydrogen-bond acceptors (Lipinski definition) is 2. The second-order valence-corrected chi connectivity index (χ2v) is 7.41. The molecule has 1 atom stereocenters. The van der Waals surface area contributed by atoms with Crippen molar-refractivity contribution in [2.75, 3.05) is 13.6 Å². The molecular formula is C16H32N2O. The quantitative estimate of drug-likeness (QED) is 0.833. The van der Waals surface area contributed by atoms with Crippen LogP contribution in [0, 0.1) is 17.3 Å². The molecule has 0 aliphatic heterocycles. The van der Waals surface area contributed by atoms with Crippen molar-refractivity contribution in [1.29, 1.82) is 0 Å². The highest BCUT2D eigenvalue weighted by Gasteiger charge is 2.32. The first kappa shape index (κ1) is 16.5. The van der Waals surface area contributed by atoms with Crippen LogP contribution >= 0.6 is 0 Å². The Labute approximate surface area is 118 Å². The lowest BCUT2D eigenvalue weighted by molar-refractivity contribution is -0.137. The first-order valence-corrected chi connectivity index (χ1v) is 7.73. The lowest BCUT2D eigenvalue weighted by Gasteiger charge is -2.39. The first-order chi connectivity index (χ1) is 8.76. The van der Waals surface area contributed by atoms with Crippen LogP contribution in [0.5, 0.6) is 0 Å². The molecule has 3 heteroatoms. The van der Waals surface area contributed by atoms with Gasteiger partial charge in [-0.05, 0) is 43.4 Å². The van der Waals surface area contributed by atoms with Gasteiger partial charge in [-0.15, -0.1) is 0 Å². The Morgan fingerprint density at radius 1 is 1.32 bits per heavy atom. The largest absolute Gasteiger partial charge is 0.342 e. The minimum atomic E-state index is -0.0000586. The predicted molar refractivity (Wildman–Crippen MR) is 80.8 cm³/mol. The summed E-state index contributed by atoms with van der Waals surface area (Å²) in [5.74, 6) is 0.775. The molecule has 1 aliphatic rings. The molecule has 0 bridgehead atoms. The van der Waals surface area contributed by atoms with Gasteiger partial charge in [-0.2, -0.15) is 0 Å². The summed E-state index contributed by atoms with van der Waals surface area (Å²) >= 11 is 0. The summed E-state index contributed by atoms with van der Waals surface area (Å²) in [7, 11) is 1.97. The van der Waals surface area contributed by atoms with Crippen LogP contribution in [0.25, 0.3) is 0 Å². The SMILES string of the molecule is CC(C)CC(CN)C(=O)N(C)C1CCC(C)(C)CC1. The van der Waals surface area contributed by atoms with Crippen molar-refractivity contribution in [3.05, 3.63) is 0 Å². The molecule has 1 amide bonds. The van der Waals surface area contributed by atoms with Crippen molar-refractivity contribution in [2.24, 2.45) is 23.0 Å². The summed E-state index contributed by atoms with van der Waals surface area (Å²) in [5, 5.41) is 0. The zero-order valence-electron chi connectivity index (χ0n) is 13.4. The van der Waals surface area contributed by atoms with E-state index in [0.717, 1.165) is 19.3 Å². The van der Waals surface area contributed by atoms with Crippen LogP contribution in [0.1, 0.15) is 59.8 Å². The number of rotatable bonds is 5. The van der Waals surface area contributed by atoms with Gasteiger partial charge in [0.25, 0.3) is 0 Å². The zero-order chi connectivity index (χ0) is 14.6. The van der Waals surface area contributed by atoms with E-state index in [9.17, 15) is 4.79 Å². The van der Waals surface area contributed by atoms with Crippen molar-refractivity contribution >= 4 is 5.91 Å². The average molecular weight is 268 g/mol. The molecular weight excluding hydrogens is 236 g/mol. The highest BCUT2D eigenvalue weighted by Crippen LogP contribution is 2.37. The standard InChI is InChI=1S/C16H32N2O/c1-12(2)10-13(11-17)15(19)18(5)14-6-8-16(3,4)9-7-14/h12-14H,6-11,17H2,1-5H3. The fourth-order valence-electron chi connectivity index (χ4n) is 3.11. The van der Waals surface area contributed by atoms with Gasteiger partial charge in [0.15, 0.2) is 0 Å². The maximum absolute atomic E-state index is 12.5. The fraction of sp³-hybridized carbons (Fsp3) is 0.938. The third-order valence-electron chi connectivity index (χ3n) is 4.59. The lowest BCUT2D eigenvalue weighted by atomic mass is 9.75. The van der Waals surface area contributed by atoms with Crippen molar-refractivity contribution in [1.82, 2.24) is 4.90 Å². The summed E-state index contributed by atoms with van der Waals surface area (Å²) in [4.78, 5) is 14.5. The Bertz CT molecular complexity index is 289. The molecule has 0 radical (unpaired) electrons. The van der Waals surface area contributed by atoms with Gasteiger partial charge in [0, 0.05) is 19.6 Å². The van der Waals surface area contributed by atoms with E-state index in [2.05, 4.69) is 27.7 Å². The van der Waals surface area contributed by atoms with Crippen LogP contribution in [0.15, 0.2) is 0 Å². The molecule has 0 spiro atoms. The Morgan fingerprint density at radius 2 is 1.84 bits per heavy atom. The topological polar surface area (TPSA) is 46.3 Å². The van der Waals surface area contributed by atoms with Crippen molar-refractivity contribution in [3.8, 4) is 0 Å². The normalized spacial score (nSPS) is 21.4. The molecule has 1 saturated carbocycles. The molecule has 0 aromatic heterocycles. The van der Waals surface area contributed by atoms with E-state index in [1.165, 1.54) is 12.8 Å². The lowest BCUT2D eigenvalue weighted by Crippen LogP contribution is -2.45. The zero-order valence-corrected chi connectivity index (χ0v) is 13.4. The second-order valence-electron chi connectivity index (χ2n) is 7.41. The van der Waals surface area contributed by atoms with Gasteiger partial charge in [0.2, 0.25) is 5.91 Å². The fourth-order valence-corrected chi connectivity index (χ4v) is 3.11. The van der Waals surface area contributed by atoms with Gasteiger partial charge in [-0.1, -0.05) is 27.7 Å². The number of nitrogens with two attached hydrogens (primary N) is 1. The highest BCUT2D eigenvalue weighted by molar-refractivity contribution is 5.79. The van der Waals surface area contributed by atoms with Gasteiger partial charge in [-0.25, -0.2) is 0 Å². The third-order valence-corrected chi connectivity index (χ3v) is 4.59. The van der Waals surface area contributed by atoms with Crippen molar-refractivity contribution < 1.29 is 4.79 Å². The summed E-state index contributed by atoms with van der Waals surface area (Å²) in [5.41, 5.74) is 6.23.